The maximum Gasteiger partial charge on any atom is 0.310 e. The first-order valence-corrected chi connectivity index (χ1v) is 11.1. The zero-order valence-corrected chi connectivity index (χ0v) is 18.6. The summed E-state index contributed by atoms with van der Waals surface area (Å²) >= 11 is 6.21. The van der Waals surface area contributed by atoms with Crippen LogP contribution in [0.1, 0.15) is 38.7 Å². The lowest BCUT2D eigenvalue weighted by molar-refractivity contribution is -0.148. The van der Waals surface area contributed by atoms with Gasteiger partial charge in [-0.2, -0.15) is 0 Å². The second-order valence-corrected chi connectivity index (χ2v) is 8.33. The smallest absolute Gasteiger partial charge is 0.310 e. The Kier molecular flexibility index (Phi) is 6.73. The van der Waals surface area contributed by atoms with Crippen molar-refractivity contribution in [1.29, 1.82) is 0 Å². The molecule has 2 aliphatic rings. The van der Waals surface area contributed by atoms with Crippen molar-refractivity contribution in [2.45, 2.75) is 39.2 Å². The van der Waals surface area contributed by atoms with Crippen molar-refractivity contribution < 1.29 is 14.3 Å². The van der Waals surface area contributed by atoms with Crippen LogP contribution < -0.4 is 10.1 Å². The summed E-state index contributed by atoms with van der Waals surface area (Å²) in [5, 5.41) is 4.14. The van der Waals surface area contributed by atoms with Crippen LogP contribution in [0.5, 0.6) is 11.5 Å². The van der Waals surface area contributed by atoms with Crippen LogP contribution in [0.25, 0.3) is 0 Å². The van der Waals surface area contributed by atoms with E-state index in [0.29, 0.717) is 23.8 Å². The number of benzene rings is 2. The molecule has 0 saturated carbocycles. The van der Waals surface area contributed by atoms with Gasteiger partial charge in [0, 0.05) is 23.0 Å². The number of carbonyl (C=O) groups excluding carboxylic acids is 1. The normalized spacial score (nSPS) is 18.9. The molecule has 0 aliphatic carbocycles. The maximum absolute atomic E-state index is 12.1. The topological polar surface area (TPSA) is 59.9 Å². The van der Waals surface area contributed by atoms with E-state index in [1.165, 1.54) is 5.57 Å². The van der Waals surface area contributed by atoms with Crippen LogP contribution in [0.3, 0.4) is 0 Å². The van der Waals surface area contributed by atoms with Gasteiger partial charge in [0.2, 0.25) is 0 Å². The molecule has 0 radical (unpaired) electrons. The summed E-state index contributed by atoms with van der Waals surface area (Å²) < 4.78 is 11.3. The maximum atomic E-state index is 12.1. The number of rotatable bonds is 5. The van der Waals surface area contributed by atoms with Gasteiger partial charge in [0.25, 0.3) is 0 Å². The van der Waals surface area contributed by atoms with Gasteiger partial charge in [0.05, 0.1) is 18.2 Å². The molecular weight excluding hydrogens is 412 g/mol. The van der Waals surface area contributed by atoms with Crippen LogP contribution in [0.15, 0.2) is 59.1 Å². The van der Waals surface area contributed by atoms with E-state index in [-0.39, 0.29) is 17.9 Å². The number of para-hydroxylation sites is 1. The zero-order valence-electron chi connectivity index (χ0n) is 17.9. The van der Waals surface area contributed by atoms with Crippen molar-refractivity contribution in [3.05, 3.63) is 64.7 Å². The first-order valence-electron chi connectivity index (χ1n) is 10.8. The fourth-order valence-corrected chi connectivity index (χ4v) is 4.18. The van der Waals surface area contributed by atoms with E-state index in [0.717, 1.165) is 42.1 Å². The molecule has 4 rings (SSSR count). The number of hydrogen-bond acceptors (Lipinski definition) is 5. The predicted octanol–water partition coefficient (Wildman–Crippen LogP) is 5.83. The standard InChI is InChI=1S/C25H27ClN2O3/c1-3-30-25(29)16(2)20-10-8-17(12-13-27-20)14-21-19-6-4-5-7-23(19)31-24-11-9-18(26)15-22(24)28-21/h4-9,11,15-16,20,27H,3,10,12-14H2,1-2H3/t16?,20-/m1/s1. The van der Waals surface area contributed by atoms with Gasteiger partial charge in [-0.3, -0.25) is 4.79 Å². The summed E-state index contributed by atoms with van der Waals surface area (Å²) in [5.41, 5.74) is 3.98. The Hall–Kier alpha value is -2.63. The van der Waals surface area contributed by atoms with E-state index in [4.69, 9.17) is 26.1 Å². The highest BCUT2D eigenvalue weighted by Gasteiger charge is 2.26. The van der Waals surface area contributed by atoms with Crippen LogP contribution in [0, 0.1) is 5.92 Å². The molecule has 2 aromatic rings. The minimum absolute atomic E-state index is 0.0720. The molecule has 31 heavy (non-hydrogen) atoms. The Balaban J connectivity index is 1.59. The molecule has 0 fully saturated rings. The average Bonchev–Trinajstić information content (AvgIpc) is 3.08. The van der Waals surface area contributed by atoms with Gasteiger partial charge in [0.1, 0.15) is 11.4 Å². The van der Waals surface area contributed by atoms with Crippen LogP contribution in [-0.2, 0) is 9.53 Å². The molecule has 2 heterocycles. The fraction of sp³-hybridized carbons (Fsp3) is 0.360. The van der Waals surface area contributed by atoms with Crippen molar-refractivity contribution >= 4 is 29.0 Å². The van der Waals surface area contributed by atoms with Gasteiger partial charge in [-0.25, -0.2) is 4.99 Å². The minimum atomic E-state index is -0.186. The van der Waals surface area contributed by atoms with Gasteiger partial charge in [-0.15, -0.1) is 0 Å². The van der Waals surface area contributed by atoms with Crippen LogP contribution >= 0.6 is 11.6 Å². The highest BCUT2D eigenvalue weighted by Crippen LogP contribution is 2.40. The molecule has 6 heteroatoms. The molecule has 2 aromatic carbocycles. The summed E-state index contributed by atoms with van der Waals surface area (Å²) in [7, 11) is 0. The van der Waals surface area contributed by atoms with Gasteiger partial charge < -0.3 is 14.8 Å². The number of halogens is 1. The Labute approximate surface area is 188 Å². The van der Waals surface area contributed by atoms with Crippen molar-refractivity contribution in [3.63, 3.8) is 0 Å². The summed E-state index contributed by atoms with van der Waals surface area (Å²) in [5.74, 6) is 1.16. The van der Waals surface area contributed by atoms with Gasteiger partial charge >= 0.3 is 5.97 Å². The molecule has 0 aromatic heterocycles. The minimum Gasteiger partial charge on any atom is -0.466 e. The van der Waals surface area contributed by atoms with E-state index < -0.39 is 0 Å². The van der Waals surface area contributed by atoms with Crippen LogP contribution in [-0.4, -0.2) is 30.9 Å². The summed E-state index contributed by atoms with van der Waals surface area (Å²) in [4.78, 5) is 17.1. The lowest BCUT2D eigenvalue weighted by Crippen LogP contribution is -2.38. The quantitative estimate of drug-likeness (QED) is 0.471. The van der Waals surface area contributed by atoms with Crippen molar-refractivity contribution in [2.75, 3.05) is 13.2 Å². The number of carbonyl (C=O) groups is 1. The number of ether oxygens (including phenoxy) is 2. The largest absolute Gasteiger partial charge is 0.466 e. The number of aliphatic imine (C=N–C) groups is 1. The van der Waals surface area contributed by atoms with Crippen LogP contribution in [0.4, 0.5) is 5.69 Å². The molecule has 1 N–H and O–H groups in total. The summed E-state index contributed by atoms with van der Waals surface area (Å²) in [6, 6.07) is 13.6. The van der Waals surface area contributed by atoms with E-state index >= 15 is 0 Å². The molecule has 2 aliphatic heterocycles. The van der Waals surface area contributed by atoms with Gasteiger partial charge in [0.15, 0.2) is 5.75 Å². The molecule has 1 unspecified atom stereocenters. The van der Waals surface area contributed by atoms with Crippen molar-refractivity contribution in [1.82, 2.24) is 5.32 Å². The number of hydrogen-bond donors (Lipinski definition) is 1. The van der Waals surface area contributed by atoms with E-state index in [9.17, 15) is 4.79 Å². The first-order chi connectivity index (χ1) is 15.0. The van der Waals surface area contributed by atoms with Gasteiger partial charge in [-0.05, 0) is 56.6 Å². The van der Waals surface area contributed by atoms with Crippen molar-refractivity contribution in [3.8, 4) is 11.5 Å². The Morgan fingerprint density at radius 2 is 2.13 bits per heavy atom. The van der Waals surface area contributed by atoms with Gasteiger partial charge in [-0.1, -0.05) is 42.3 Å². The Bertz CT molecular complexity index is 1030. The Morgan fingerprint density at radius 1 is 1.29 bits per heavy atom. The molecule has 0 bridgehead atoms. The molecule has 0 amide bonds. The molecule has 5 nitrogen and oxygen atoms in total. The number of fused-ring (bicyclic) bond motifs is 2. The molecule has 0 saturated heterocycles. The number of nitrogens with zero attached hydrogens (tertiary/aromatic N) is 1. The number of nitrogens with one attached hydrogen (secondary N) is 1. The average molecular weight is 439 g/mol. The molecule has 162 valence electrons. The zero-order chi connectivity index (χ0) is 21.8. The predicted molar refractivity (Wildman–Crippen MR) is 124 cm³/mol. The molecule has 0 spiro atoms. The van der Waals surface area contributed by atoms with E-state index in [1.807, 2.05) is 56.3 Å². The van der Waals surface area contributed by atoms with E-state index in [1.54, 1.807) is 0 Å². The van der Waals surface area contributed by atoms with Crippen LogP contribution in [0.2, 0.25) is 5.02 Å². The number of esters is 1. The van der Waals surface area contributed by atoms with E-state index in [2.05, 4.69) is 11.4 Å². The second-order valence-electron chi connectivity index (χ2n) is 7.89. The third-order valence-corrected chi connectivity index (χ3v) is 6.00. The monoisotopic (exact) mass is 438 g/mol. The Morgan fingerprint density at radius 3 is 2.97 bits per heavy atom. The highest BCUT2D eigenvalue weighted by atomic mass is 35.5. The summed E-state index contributed by atoms with van der Waals surface area (Å²) in [6.07, 6.45) is 4.64. The fourth-order valence-electron chi connectivity index (χ4n) is 4.01. The molecular formula is C25H27ClN2O3. The first kappa shape index (κ1) is 21.6. The highest BCUT2D eigenvalue weighted by molar-refractivity contribution is 6.31. The lowest BCUT2D eigenvalue weighted by Gasteiger charge is -2.21. The third kappa shape index (κ3) is 5.00. The molecule has 2 atom stereocenters. The lowest BCUT2D eigenvalue weighted by atomic mass is 9.96. The summed E-state index contributed by atoms with van der Waals surface area (Å²) in [6.45, 7) is 4.99. The second kappa shape index (κ2) is 9.67. The third-order valence-electron chi connectivity index (χ3n) is 5.76. The van der Waals surface area contributed by atoms with Crippen molar-refractivity contribution in [2.24, 2.45) is 10.9 Å². The SMILES string of the molecule is CCOC(=O)C(C)[C@H]1CC=C(CC2=Nc3cc(Cl)ccc3Oc3ccccc32)CCN1.